The molecule has 0 fully saturated rings. The van der Waals surface area contributed by atoms with Gasteiger partial charge in [-0.15, -0.1) is 0 Å². The van der Waals surface area contributed by atoms with Gasteiger partial charge < -0.3 is 10.2 Å². The van der Waals surface area contributed by atoms with Gasteiger partial charge in [-0.05, 0) is 6.42 Å². The van der Waals surface area contributed by atoms with Crippen molar-refractivity contribution in [1.29, 1.82) is 0 Å². The molecule has 56 valence electrons. The first-order valence-electron chi connectivity index (χ1n) is 3.73. The smallest absolute Gasteiger partial charge is 0.128 e. The van der Waals surface area contributed by atoms with E-state index in [4.69, 9.17) is 0 Å². The van der Waals surface area contributed by atoms with Crippen LogP contribution >= 0.6 is 0 Å². The molecule has 3 N–H and O–H groups in total. The monoisotopic (exact) mass is 132 g/mol. The molecule has 0 aromatic heterocycles. The molecule has 0 aromatic carbocycles. The molecule has 0 amide bonds. The standard InChI is InChI=1S/C7H19N2/c1-4-6-9(2,3)7-5-8/h4-8H2,1-3H3/q+1/p+1. The molecule has 0 heterocycles. The Hall–Kier alpha value is -0.0800. The van der Waals surface area contributed by atoms with Crippen molar-refractivity contribution in [2.75, 3.05) is 33.7 Å². The van der Waals surface area contributed by atoms with Crippen LogP contribution in [-0.4, -0.2) is 38.2 Å². The summed E-state index contributed by atoms with van der Waals surface area (Å²) in [6, 6.07) is 0. The fraction of sp³-hybridized carbons (Fsp3) is 1.00. The Labute approximate surface area is 58.2 Å². The average Bonchev–Trinajstić information content (AvgIpc) is 1.64. The Morgan fingerprint density at radius 1 is 1.22 bits per heavy atom. The first kappa shape index (κ1) is 8.92. The van der Waals surface area contributed by atoms with Gasteiger partial charge in [0, 0.05) is 0 Å². The van der Waals surface area contributed by atoms with Gasteiger partial charge in [0.05, 0.1) is 20.6 Å². The molecule has 0 unspecified atom stereocenters. The highest BCUT2D eigenvalue weighted by atomic mass is 15.3. The van der Waals surface area contributed by atoms with Crippen molar-refractivity contribution in [3.63, 3.8) is 0 Å². The Morgan fingerprint density at radius 2 is 1.78 bits per heavy atom. The van der Waals surface area contributed by atoms with Crippen molar-refractivity contribution < 1.29 is 10.2 Å². The van der Waals surface area contributed by atoms with E-state index >= 15 is 0 Å². The SMILES string of the molecule is CCC[N+](C)(C)CC[NH3+]. The zero-order valence-electron chi connectivity index (χ0n) is 6.98. The van der Waals surface area contributed by atoms with Crippen LogP contribution in [-0.2, 0) is 0 Å². The van der Waals surface area contributed by atoms with Crippen LogP contribution < -0.4 is 5.73 Å². The maximum Gasteiger partial charge on any atom is 0.128 e. The molecule has 0 saturated heterocycles. The molecule has 0 atom stereocenters. The number of quaternary nitrogens is 2. The number of likely N-dealkylation sites (N-methyl/N-ethyl adjacent to an activating group) is 1. The van der Waals surface area contributed by atoms with Crippen molar-refractivity contribution in [2.45, 2.75) is 13.3 Å². The molecule has 0 bridgehead atoms. The second kappa shape index (κ2) is 3.85. The van der Waals surface area contributed by atoms with Gasteiger partial charge in [0.1, 0.15) is 13.1 Å². The second-order valence-corrected chi connectivity index (χ2v) is 3.24. The van der Waals surface area contributed by atoms with E-state index in [0.29, 0.717) is 0 Å². The third kappa shape index (κ3) is 4.43. The summed E-state index contributed by atoms with van der Waals surface area (Å²) >= 11 is 0. The molecule has 0 aromatic rings. The summed E-state index contributed by atoms with van der Waals surface area (Å²) in [5.41, 5.74) is 3.84. The van der Waals surface area contributed by atoms with Crippen LogP contribution in [0.2, 0.25) is 0 Å². The summed E-state index contributed by atoms with van der Waals surface area (Å²) in [4.78, 5) is 0. The van der Waals surface area contributed by atoms with Gasteiger partial charge in [-0.2, -0.15) is 0 Å². The van der Waals surface area contributed by atoms with Crippen molar-refractivity contribution >= 4 is 0 Å². The summed E-state index contributed by atoms with van der Waals surface area (Å²) in [7, 11) is 4.52. The summed E-state index contributed by atoms with van der Waals surface area (Å²) < 4.78 is 1.12. The van der Waals surface area contributed by atoms with Gasteiger partial charge in [0.25, 0.3) is 0 Å². The van der Waals surface area contributed by atoms with Crippen LogP contribution in [0.1, 0.15) is 13.3 Å². The molecule has 0 aliphatic carbocycles. The summed E-state index contributed by atoms with van der Waals surface area (Å²) in [5, 5.41) is 0. The summed E-state index contributed by atoms with van der Waals surface area (Å²) in [6.45, 7) is 5.75. The predicted octanol–water partition coefficient (Wildman–Crippen LogP) is -0.285. The number of nitrogens with zero attached hydrogens (tertiary/aromatic N) is 1. The Balaban J connectivity index is 3.43. The highest BCUT2D eigenvalue weighted by molar-refractivity contribution is 4.29. The van der Waals surface area contributed by atoms with Gasteiger partial charge in [-0.3, -0.25) is 0 Å². The highest BCUT2D eigenvalue weighted by Crippen LogP contribution is 1.95. The summed E-state index contributed by atoms with van der Waals surface area (Å²) in [5.74, 6) is 0. The first-order chi connectivity index (χ1) is 4.12. The van der Waals surface area contributed by atoms with Gasteiger partial charge >= 0.3 is 0 Å². The molecular weight excluding hydrogens is 112 g/mol. The minimum atomic E-state index is 1.05. The van der Waals surface area contributed by atoms with E-state index < -0.39 is 0 Å². The van der Waals surface area contributed by atoms with Crippen molar-refractivity contribution in [3.05, 3.63) is 0 Å². The maximum atomic E-state index is 3.84. The van der Waals surface area contributed by atoms with E-state index in [0.717, 1.165) is 11.0 Å². The second-order valence-electron chi connectivity index (χ2n) is 3.24. The van der Waals surface area contributed by atoms with Crippen LogP contribution in [0.15, 0.2) is 0 Å². The lowest BCUT2D eigenvalue weighted by Crippen LogP contribution is -2.58. The zero-order valence-corrected chi connectivity index (χ0v) is 6.98. The quantitative estimate of drug-likeness (QED) is 0.509. The predicted molar refractivity (Wildman–Crippen MR) is 39.9 cm³/mol. The number of hydrogen-bond acceptors (Lipinski definition) is 0. The molecule has 9 heavy (non-hydrogen) atoms. The molecule has 0 rings (SSSR count). The van der Waals surface area contributed by atoms with E-state index in [9.17, 15) is 0 Å². The largest absolute Gasteiger partial charge is 0.353 e. The molecular formula is C7H20N2+2. The average molecular weight is 132 g/mol. The van der Waals surface area contributed by atoms with Crippen molar-refractivity contribution in [2.24, 2.45) is 0 Å². The minimum absolute atomic E-state index is 1.05. The number of hydrogen-bond donors (Lipinski definition) is 1. The topological polar surface area (TPSA) is 27.6 Å². The Bertz CT molecular complexity index is 61.3. The normalized spacial score (nSPS) is 12.0. The van der Waals surface area contributed by atoms with Crippen LogP contribution in [0.5, 0.6) is 0 Å². The van der Waals surface area contributed by atoms with E-state index in [1.165, 1.54) is 19.5 Å². The summed E-state index contributed by atoms with van der Waals surface area (Å²) in [6.07, 6.45) is 1.27. The van der Waals surface area contributed by atoms with Gasteiger partial charge in [0.15, 0.2) is 0 Å². The lowest BCUT2D eigenvalue weighted by atomic mass is 10.4. The zero-order chi connectivity index (χ0) is 7.33. The van der Waals surface area contributed by atoms with Crippen LogP contribution in [0.25, 0.3) is 0 Å². The molecule has 2 heteroatoms. The van der Waals surface area contributed by atoms with Crippen molar-refractivity contribution in [1.82, 2.24) is 0 Å². The molecule has 2 nitrogen and oxygen atoms in total. The molecule has 0 spiro atoms. The first-order valence-corrected chi connectivity index (χ1v) is 3.73. The van der Waals surface area contributed by atoms with Gasteiger partial charge in [-0.1, -0.05) is 6.92 Å². The van der Waals surface area contributed by atoms with Gasteiger partial charge in [0.2, 0.25) is 0 Å². The fourth-order valence-electron chi connectivity index (χ4n) is 1.15. The van der Waals surface area contributed by atoms with E-state index in [1.807, 2.05) is 0 Å². The molecule has 0 aliphatic rings. The van der Waals surface area contributed by atoms with E-state index in [1.54, 1.807) is 0 Å². The van der Waals surface area contributed by atoms with E-state index in [-0.39, 0.29) is 0 Å². The van der Waals surface area contributed by atoms with E-state index in [2.05, 4.69) is 26.8 Å². The third-order valence-corrected chi connectivity index (χ3v) is 1.59. The fourth-order valence-corrected chi connectivity index (χ4v) is 1.15. The molecule has 0 radical (unpaired) electrons. The van der Waals surface area contributed by atoms with Crippen LogP contribution in [0.4, 0.5) is 0 Å². The number of rotatable bonds is 4. The lowest BCUT2D eigenvalue weighted by Gasteiger charge is -2.27. The Morgan fingerprint density at radius 3 is 2.11 bits per heavy atom. The van der Waals surface area contributed by atoms with Crippen LogP contribution in [0, 0.1) is 0 Å². The Kier molecular flexibility index (Phi) is 3.82. The third-order valence-electron chi connectivity index (χ3n) is 1.59. The molecule has 0 saturated carbocycles. The highest BCUT2D eigenvalue weighted by Gasteiger charge is 2.11. The van der Waals surface area contributed by atoms with Gasteiger partial charge in [-0.25, -0.2) is 0 Å². The lowest BCUT2D eigenvalue weighted by molar-refractivity contribution is -0.895. The maximum absolute atomic E-state index is 3.84. The minimum Gasteiger partial charge on any atom is -0.353 e. The van der Waals surface area contributed by atoms with Crippen LogP contribution in [0.3, 0.4) is 0 Å². The molecule has 0 aliphatic heterocycles. The van der Waals surface area contributed by atoms with Crippen molar-refractivity contribution in [3.8, 4) is 0 Å².